The monoisotopic (exact) mass is 366 g/mol. The molecule has 1 N–H and O–H groups in total. The predicted octanol–water partition coefficient (Wildman–Crippen LogP) is 2.37. The van der Waals surface area contributed by atoms with Crippen LogP contribution >= 0.6 is 23.2 Å². The average Bonchev–Trinajstić information content (AvgIpc) is 2.54. The molecule has 0 bridgehead atoms. The summed E-state index contributed by atoms with van der Waals surface area (Å²) in [4.78, 5) is 23.0. The molecule has 7 heteroatoms. The minimum Gasteiger partial charge on any atom is -0.550 e. The summed E-state index contributed by atoms with van der Waals surface area (Å²) in [5.74, 6) is -1.38. The van der Waals surface area contributed by atoms with Crippen LogP contribution in [0.25, 0.3) is 0 Å². The molecule has 0 heterocycles. The molecule has 0 spiro atoms. The van der Waals surface area contributed by atoms with Crippen LogP contribution in [0.4, 0.5) is 0 Å². The van der Waals surface area contributed by atoms with Crippen molar-refractivity contribution >= 4 is 35.1 Å². The number of nitrogens with one attached hydrogen (secondary N) is 1. The van der Waals surface area contributed by atoms with Crippen LogP contribution in [-0.2, 0) is 9.59 Å². The summed E-state index contributed by atoms with van der Waals surface area (Å²) in [5, 5.41) is 14.4. The van der Waals surface area contributed by atoms with Crippen molar-refractivity contribution in [1.82, 2.24) is 5.32 Å². The zero-order valence-corrected chi connectivity index (χ0v) is 14.0. The van der Waals surface area contributed by atoms with E-state index < -0.39 is 17.9 Å². The molecule has 1 atom stereocenters. The Morgan fingerprint density at radius 3 is 2.38 bits per heavy atom. The van der Waals surface area contributed by atoms with Gasteiger partial charge in [-0.2, -0.15) is 0 Å². The van der Waals surface area contributed by atoms with E-state index >= 15 is 0 Å². The van der Waals surface area contributed by atoms with Gasteiger partial charge in [-0.3, -0.25) is 4.79 Å². The van der Waals surface area contributed by atoms with Gasteiger partial charge < -0.3 is 20.0 Å². The molecule has 0 aromatic heterocycles. The maximum atomic E-state index is 12.0. The fourth-order valence-electron chi connectivity index (χ4n) is 2.06. The van der Waals surface area contributed by atoms with E-state index in [1.54, 1.807) is 48.5 Å². The number of halogens is 2. The van der Waals surface area contributed by atoms with Crippen LogP contribution in [0.5, 0.6) is 5.75 Å². The highest BCUT2D eigenvalue weighted by atomic mass is 35.5. The number of ether oxygens (including phenoxy) is 1. The maximum absolute atomic E-state index is 12.0. The van der Waals surface area contributed by atoms with E-state index in [2.05, 4.69) is 5.32 Å². The highest BCUT2D eigenvalue weighted by Crippen LogP contribution is 2.23. The molecule has 0 fully saturated rings. The lowest BCUT2D eigenvalue weighted by Crippen LogP contribution is -2.36. The fraction of sp³-hybridized carbons (Fsp3) is 0.176. The Hall–Kier alpha value is -2.24. The Labute approximate surface area is 149 Å². The van der Waals surface area contributed by atoms with Gasteiger partial charge >= 0.3 is 0 Å². The van der Waals surface area contributed by atoms with E-state index in [-0.39, 0.29) is 13.0 Å². The number of rotatable bonds is 7. The summed E-state index contributed by atoms with van der Waals surface area (Å²) >= 11 is 11.7. The topological polar surface area (TPSA) is 78.5 Å². The first-order valence-corrected chi connectivity index (χ1v) is 7.83. The molecule has 0 radical (unpaired) electrons. The van der Waals surface area contributed by atoms with Gasteiger partial charge in [0.2, 0.25) is 0 Å². The first-order chi connectivity index (χ1) is 11.5. The van der Waals surface area contributed by atoms with Crippen LogP contribution in [-0.4, -0.2) is 18.5 Å². The van der Waals surface area contributed by atoms with Gasteiger partial charge in [0, 0.05) is 17.4 Å². The Bertz CT molecular complexity index is 719. The normalized spacial score (nSPS) is 11.6. The molecule has 0 saturated heterocycles. The minimum absolute atomic E-state index is 0.291. The number of carbonyl (C=O) groups is 2. The molecule has 0 aliphatic heterocycles. The molecule has 0 unspecified atom stereocenters. The Morgan fingerprint density at radius 1 is 1.08 bits per heavy atom. The molecular formula is C17H14Cl2NO4-. The number of carboxylic acid groups (broad SMARTS) is 1. The number of amides is 1. The highest BCUT2D eigenvalue weighted by molar-refractivity contribution is 6.32. The number of para-hydroxylation sites is 1. The second-order valence-corrected chi connectivity index (χ2v) is 5.81. The van der Waals surface area contributed by atoms with Gasteiger partial charge in [-0.25, -0.2) is 0 Å². The zero-order chi connectivity index (χ0) is 17.5. The highest BCUT2D eigenvalue weighted by Gasteiger charge is 2.16. The van der Waals surface area contributed by atoms with Crippen LogP contribution in [0.1, 0.15) is 18.0 Å². The van der Waals surface area contributed by atoms with E-state index in [1.165, 1.54) is 0 Å². The summed E-state index contributed by atoms with van der Waals surface area (Å²) in [6, 6.07) is 12.5. The lowest BCUT2D eigenvalue weighted by atomic mass is 10.0. The summed E-state index contributed by atoms with van der Waals surface area (Å²) in [7, 11) is 0. The van der Waals surface area contributed by atoms with Crippen LogP contribution in [0.2, 0.25) is 10.0 Å². The van der Waals surface area contributed by atoms with Gasteiger partial charge in [0.25, 0.3) is 5.91 Å². The Morgan fingerprint density at radius 2 is 1.75 bits per heavy atom. The minimum atomic E-state index is -1.28. The van der Waals surface area contributed by atoms with E-state index in [0.717, 1.165) is 0 Å². The molecule has 2 aromatic carbocycles. The van der Waals surface area contributed by atoms with E-state index in [0.29, 0.717) is 21.4 Å². The summed E-state index contributed by atoms with van der Waals surface area (Å²) in [6.45, 7) is -0.291. The molecular weight excluding hydrogens is 353 g/mol. The molecule has 0 saturated carbocycles. The van der Waals surface area contributed by atoms with Crippen molar-refractivity contribution in [2.45, 2.75) is 12.5 Å². The van der Waals surface area contributed by atoms with Crippen molar-refractivity contribution in [2.24, 2.45) is 0 Å². The third kappa shape index (κ3) is 5.44. The molecule has 0 aliphatic carbocycles. The largest absolute Gasteiger partial charge is 0.550 e. The third-order valence-electron chi connectivity index (χ3n) is 3.17. The summed E-state index contributed by atoms with van der Waals surface area (Å²) < 4.78 is 5.33. The standard InChI is InChI=1S/C17H15Cl2NO4/c18-12-7-5-11(6-8-12)14(9-17(22)23)20-16(21)10-24-15-4-2-1-3-13(15)19/h1-8,14H,9-10H2,(H,20,21)(H,22,23)/p-1/t14-/m0/s1. The van der Waals surface area contributed by atoms with Gasteiger partial charge in [0.15, 0.2) is 6.61 Å². The predicted molar refractivity (Wildman–Crippen MR) is 88.9 cm³/mol. The van der Waals surface area contributed by atoms with E-state index in [4.69, 9.17) is 27.9 Å². The van der Waals surface area contributed by atoms with Crippen molar-refractivity contribution in [3.63, 3.8) is 0 Å². The number of carbonyl (C=O) groups excluding carboxylic acids is 2. The van der Waals surface area contributed by atoms with Crippen LogP contribution in [0.3, 0.4) is 0 Å². The SMILES string of the molecule is O=C([O-])C[C@H](NC(=O)COc1ccccc1Cl)c1ccc(Cl)cc1. The number of hydrogen-bond acceptors (Lipinski definition) is 4. The number of hydrogen-bond donors (Lipinski definition) is 1. The van der Waals surface area contributed by atoms with Crippen molar-refractivity contribution in [2.75, 3.05) is 6.61 Å². The molecule has 24 heavy (non-hydrogen) atoms. The quantitative estimate of drug-likeness (QED) is 0.815. The van der Waals surface area contributed by atoms with Crippen molar-refractivity contribution < 1.29 is 19.4 Å². The second-order valence-electron chi connectivity index (χ2n) is 4.97. The fourth-order valence-corrected chi connectivity index (χ4v) is 2.37. The van der Waals surface area contributed by atoms with E-state index in [9.17, 15) is 14.7 Å². The molecule has 1 amide bonds. The third-order valence-corrected chi connectivity index (χ3v) is 3.74. The number of aliphatic carboxylic acids is 1. The summed E-state index contributed by atoms with van der Waals surface area (Å²) in [5.41, 5.74) is 0.606. The first-order valence-electron chi connectivity index (χ1n) is 7.07. The maximum Gasteiger partial charge on any atom is 0.258 e. The molecule has 0 aliphatic rings. The molecule has 5 nitrogen and oxygen atoms in total. The average molecular weight is 367 g/mol. The first kappa shape index (κ1) is 18.1. The molecule has 2 aromatic rings. The molecule has 126 valence electrons. The smallest absolute Gasteiger partial charge is 0.258 e. The van der Waals surface area contributed by atoms with Gasteiger partial charge in [-0.15, -0.1) is 0 Å². The van der Waals surface area contributed by atoms with Crippen LogP contribution in [0, 0.1) is 0 Å². The van der Waals surface area contributed by atoms with E-state index in [1.807, 2.05) is 0 Å². The summed E-state index contributed by atoms with van der Waals surface area (Å²) in [6.07, 6.45) is -0.362. The van der Waals surface area contributed by atoms with Gasteiger partial charge in [-0.1, -0.05) is 47.5 Å². The van der Waals surface area contributed by atoms with Crippen molar-refractivity contribution in [3.05, 3.63) is 64.1 Å². The van der Waals surface area contributed by atoms with Crippen LogP contribution < -0.4 is 15.2 Å². The van der Waals surface area contributed by atoms with Gasteiger partial charge in [0.05, 0.1) is 11.1 Å². The Balaban J connectivity index is 2.00. The van der Waals surface area contributed by atoms with Crippen molar-refractivity contribution in [1.29, 1.82) is 0 Å². The van der Waals surface area contributed by atoms with Gasteiger partial charge in [-0.05, 0) is 29.8 Å². The number of carboxylic acids is 1. The lowest BCUT2D eigenvalue weighted by Gasteiger charge is -2.20. The van der Waals surface area contributed by atoms with Gasteiger partial charge in [0.1, 0.15) is 5.75 Å². The molecule has 2 rings (SSSR count). The van der Waals surface area contributed by atoms with Crippen molar-refractivity contribution in [3.8, 4) is 5.75 Å². The Kier molecular flexibility index (Phi) is 6.46. The lowest BCUT2D eigenvalue weighted by molar-refractivity contribution is -0.306. The van der Waals surface area contributed by atoms with Crippen LogP contribution in [0.15, 0.2) is 48.5 Å². The zero-order valence-electron chi connectivity index (χ0n) is 12.5. The second kappa shape index (κ2) is 8.57. The number of benzene rings is 2.